The lowest BCUT2D eigenvalue weighted by molar-refractivity contribution is 0.631. The third-order valence-electron chi connectivity index (χ3n) is 3.03. The average Bonchev–Trinajstić information content (AvgIpc) is 2.89. The minimum Gasteiger partial charge on any atom is -0.240 e. The Balaban J connectivity index is 2.03. The molecule has 3 heteroatoms. The van der Waals surface area contributed by atoms with Gasteiger partial charge in [0.05, 0.1) is 11.9 Å². The maximum Gasteiger partial charge on any atom is 0.131 e. The molecule has 0 saturated heterocycles. The van der Waals surface area contributed by atoms with Crippen molar-refractivity contribution < 1.29 is 4.39 Å². The number of rotatable bonds is 2. The summed E-state index contributed by atoms with van der Waals surface area (Å²) in [7, 11) is 0. The van der Waals surface area contributed by atoms with Gasteiger partial charge in [0.1, 0.15) is 5.82 Å². The molecule has 0 N–H and O–H groups in total. The first-order valence-corrected chi connectivity index (χ1v) is 6.11. The molecule has 0 aliphatic heterocycles. The number of aromatic nitrogens is 2. The van der Waals surface area contributed by atoms with Crippen LogP contribution < -0.4 is 0 Å². The molecule has 0 amide bonds. The minimum atomic E-state index is -0.230. The van der Waals surface area contributed by atoms with Crippen LogP contribution in [0.1, 0.15) is 5.56 Å². The summed E-state index contributed by atoms with van der Waals surface area (Å²) in [6, 6.07) is 14.8. The van der Waals surface area contributed by atoms with Crippen molar-refractivity contribution in [2.45, 2.75) is 6.92 Å². The van der Waals surface area contributed by atoms with E-state index in [1.807, 2.05) is 43.5 Å². The fourth-order valence-corrected chi connectivity index (χ4v) is 2.07. The van der Waals surface area contributed by atoms with E-state index in [9.17, 15) is 4.39 Å². The van der Waals surface area contributed by atoms with Crippen molar-refractivity contribution in [2.24, 2.45) is 0 Å². The first-order chi connectivity index (χ1) is 9.24. The van der Waals surface area contributed by atoms with Gasteiger partial charge in [0.2, 0.25) is 0 Å². The topological polar surface area (TPSA) is 17.8 Å². The Bertz CT molecular complexity index is 716. The van der Waals surface area contributed by atoms with Gasteiger partial charge in [-0.1, -0.05) is 30.3 Å². The molecule has 0 saturated carbocycles. The second-order valence-corrected chi connectivity index (χ2v) is 4.49. The molecule has 2 aromatic carbocycles. The van der Waals surface area contributed by atoms with Crippen LogP contribution in [-0.2, 0) is 0 Å². The SMILES string of the molecule is Cc1cccc(-n2cc(-c3ccccc3F)cn2)c1. The fraction of sp³-hybridized carbons (Fsp3) is 0.0625. The van der Waals surface area contributed by atoms with E-state index in [-0.39, 0.29) is 5.82 Å². The largest absolute Gasteiger partial charge is 0.240 e. The molecule has 3 aromatic rings. The number of hydrogen-bond acceptors (Lipinski definition) is 1. The number of halogens is 1. The Labute approximate surface area is 111 Å². The molecule has 1 heterocycles. The van der Waals surface area contributed by atoms with Crippen molar-refractivity contribution in [2.75, 3.05) is 0 Å². The summed E-state index contributed by atoms with van der Waals surface area (Å²) in [6.45, 7) is 2.03. The van der Waals surface area contributed by atoms with Crippen molar-refractivity contribution in [3.63, 3.8) is 0 Å². The van der Waals surface area contributed by atoms with E-state index in [2.05, 4.69) is 5.10 Å². The Morgan fingerprint density at radius 2 is 1.89 bits per heavy atom. The molecule has 0 bridgehead atoms. The van der Waals surface area contributed by atoms with E-state index in [0.717, 1.165) is 11.3 Å². The maximum atomic E-state index is 13.7. The second kappa shape index (κ2) is 4.69. The molecule has 0 aliphatic carbocycles. The summed E-state index contributed by atoms with van der Waals surface area (Å²) >= 11 is 0. The Morgan fingerprint density at radius 1 is 1.05 bits per heavy atom. The number of aryl methyl sites for hydroxylation is 1. The van der Waals surface area contributed by atoms with Crippen LogP contribution in [0.2, 0.25) is 0 Å². The van der Waals surface area contributed by atoms with E-state index < -0.39 is 0 Å². The number of nitrogens with zero attached hydrogens (tertiary/aromatic N) is 2. The summed E-state index contributed by atoms with van der Waals surface area (Å²) in [6.07, 6.45) is 3.52. The summed E-state index contributed by atoms with van der Waals surface area (Å²) in [5.74, 6) is -0.230. The van der Waals surface area contributed by atoms with Gasteiger partial charge in [-0.05, 0) is 30.7 Å². The molecule has 94 valence electrons. The lowest BCUT2D eigenvalue weighted by atomic mass is 10.1. The van der Waals surface area contributed by atoms with Gasteiger partial charge in [-0.25, -0.2) is 9.07 Å². The van der Waals surface area contributed by atoms with Crippen LogP contribution in [0.25, 0.3) is 16.8 Å². The van der Waals surface area contributed by atoms with E-state index in [1.54, 1.807) is 23.0 Å². The van der Waals surface area contributed by atoms with Crippen LogP contribution in [0.4, 0.5) is 4.39 Å². The molecular weight excluding hydrogens is 239 g/mol. The molecule has 0 radical (unpaired) electrons. The van der Waals surface area contributed by atoms with E-state index in [1.165, 1.54) is 11.6 Å². The summed E-state index contributed by atoms with van der Waals surface area (Å²) in [4.78, 5) is 0. The molecule has 1 aromatic heterocycles. The predicted octanol–water partition coefficient (Wildman–Crippen LogP) is 3.99. The summed E-state index contributed by atoms with van der Waals surface area (Å²) < 4.78 is 15.5. The van der Waals surface area contributed by atoms with Crippen molar-refractivity contribution in [3.05, 3.63) is 72.3 Å². The van der Waals surface area contributed by atoms with Gasteiger partial charge in [0, 0.05) is 17.3 Å². The third-order valence-corrected chi connectivity index (χ3v) is 3.03. The Kier molecular flexibility index (Phi) is 2.88. The zero-order chi connectivity index (χ0) is 13.2. The first-order valence-electron chi connectivity index (χ1n) is 6.11. The third kappa shape index (κ3) is 2.27. The smallest absolute Gasteiger partial charge is 0.131 e. The van der Waals surface area contributed by atoms with Crippen LogP contribution in [0.5, 0.6) is 0 Å². The van der Waals surface area contributed by atoms with Crippen LogP contribution in [0.3, 0.4) is 0 Å². The molecule has 0 fully saturated rings. The van der Waals surface area contributed by atoms with E-state index >= 15 is 0 Å². The maximum absolute atomic E-state index is 13.7. The summed E-state index contributed by atoms with van der Waals surface area (Å²) in [5, 5.41) is 4.30. The van der Waals surface area contributed by atoms with Gasteiger partial charge < -0.3 is 0 Å². The highest BCUT2D eigenvalue weighted by atomic mass is 19.1. The van der Waals surface area contributed by atoms with Gasteiger partial charge in [0.25, 0.3) is 0 Å². The average molecular weight is 252 g/mol. The normalized spacial score (nSPS) is 10.6. The first kappa shape index (κ1) is 11.7. The van der Waals surface area contributed by atoms with Gasteiger partial charge in [0.15, 0.2) is 0 Å². The molecule has 0 atom stereocenters. The quantitative estimate of drug-likeness (QED) is 0.674. The van der Waals surface area contributed by atoms with Gasteiger partial charge in [-0.3, -0.25) is 0 Å². The van der Waals surface area contributed by atoms with Crippen molar-refractivity contribution in [1.29, 1.82) is 0 Å². The monoisotopic (exact) mass is 252 g/mol. The zero-order valence-electron chi connectivity index (χ0n) is 10.5. The van der Waals surface area contributed by atoms with Crippen molar-refractivity contribution >= 4 is 0 Å². The van der Waals surface area contributed by atoms with Gasteiger partial charge in [-0.2, -0.15) is 5.10 Å². The molecule has 0 spiro atoms. The highest BCUT2D eigenvalue weighted by Crippen LogP contribution is 2.23. The van der Waals surface area contributed by atoms with Crippen LogP contribution in [0, 0.1) is 12.7 Å². The minimum absolute atomic E-state index is 0.230. The lowest BCUT2D eigenvalue weighted by Crippen LogP contribution is -1.93. The lowest BCUT2D eigenvalue weighted by Gasteiger charge is -2.02. The molecule has 2 nitrogen and oxygen atoms in total. The van der Waals surface area contributed by atoms with Crippen LogP contribution in [-0.4, -0.2) is 9.78 Å². The van der Waals surface area contributed by atoms with Crippen LogP contribution >= 0.6 is 0 Å². The molecule has 0 aliphatic rings. The molecule has 19 heavy (non-hydrogen) atoms. The van der Waals surface area contributed by atoms with E-state index in [4.69, 9.17) is 0 Å². The second-order valence-electron chi connectivity index (χ2n) is 4.49. The highest BCUT2D eigenvalue weighted by Gasteiger charge is 2.07. The van der Waals surface area contributed by atoms with Gasteiger partial charge in [-0.15, -0.1) is 0 Å². The Hall–Kier alpha value is -2.42. The molecule has 0 unspecified atom stereocenters. The van der Waals surface area contributed by atoms with Crippen LogP contribution in [0.15, 0.2) is 60.9 Å². The number of hydrogen-bond donors (Lipinski definition) is 0. The van der Waals surface area contributed by atoms with Crippen molar-refractivity contribution in [1.82, 2.24) is 9.78 Å². The zero-order valence-corrected chi connectivity index (χ0v) is 10.5. The van der Waals surface area contributed by atoms with E-state index in [0.29, 0.717) is 5.56 Å². The number of benzene rings is 2. The standard InChI is InChI=1S/C16H13FN2/c1-12-5-4-6-14(9-12)19-11-13(10-18-19)15-7-2-3-8-16(15)17/h2-11H,1H3. The molecule has 3 rings (SSSR count). The molecular formula is C16H13FN2. The predicted molar refractivity (Wildman–Crippen MR) is 73.7 cm³/mol. The van der Waals surface area contributed by atoms with Crippen molar-refractivity contribution in [3.8, 4) is 16.8 Å². The summed E-state index contributed by atoms with van der Waals surface area (Å²) in [5.41, 5.74) is 3.49. The highest BCUT2D eigenvalue weighted by molar-refractivity contribution is 5.62. The Morgan fingerprint density at radius 3 is 2.68 bits per heavy atom. The van der Waals surface area contributed by atoms with Gasteiger partial charge >= 0.3 is 0 Å². The fourth-order valence-electron chi connectivity index (χ4n) is 2.07.